The minimum absolute atomic E-state index is 0.0412. The number of rotatable bonds is 7. The first-order chi connectivity index (χ1) is 15.6. The predicted octanol–water partition coefficient (Wildman–Crippen LogP) is 6.42. The Kier molecular flexibility index (Phi) is 7.69. The van der Waals surface area contributed by atoms with Crippen LogP contribution in [0.15, 0.2) is 72.8 Å². The van der Waals surface area contributed by atoms with Crippen molar-refractivity contribution in [3.8, 4) is 5.75 Å². The largest absolute Gasteiger partial charge is 0.489 e. The summed E-state index contributed by atoms with van der Waals surface area (Å²) in [4.78, 5) is 15.2. The first-order valence-electron chi connectivity index (χ1n) is 10.8. The molecule has 1 aliphatic heterocycles. The predicted molar refractivity (Wildman–Crippen MR) is 130 cm³/mol. The zero-order valence-electron chi connectivity index (χ0n) is 17.8. The van der Waals surface area contributed by atoms with Crippen LogP contribution >= 0.6 is 23.2 Å². The molecule has 4 rings (SSSR count). The van der Waals surface area contributed by atoms with Crippen LogP contribution in [-0.2, 0) is 17.9 Å². The summed E-state index contributed by atoms with van der Waals surface area (Å²) in [5.41, 5.74) is 3.00. The summed E-state index contributed by atoms with van der Waals surface area (Å²) in [5.74, 6) is 0.791. The van der Waals surface area contributed by atoms with Gasteiger partial charge < -0.3 is 10.1 Å². The number of likely N-dealkylation sites (tertiary alicyclic amines) is 1. The lowest BCUT2D eigenvalue weighted by atomic mass is 9.96. The minimum Gasteiger partial charge on any atom is -0.489 e. The van der Waals surface area contributed by atoms with Crippen LogP contribution in [-0.4, -0.2) is 23.9 Å². The number of benzene rings is 3. The highest BCUT2D eigenvalue weighted by Crippen LogP contribution is 2.25. The van der Waals surface area contributed by atoms with Crippen molar-refractivity contribution in [2.75, 3.05) is 18.4 Å². The van der Waals surface area contributed by atoms with Gasteiger partial charge in [-0.2, -0.15) is 0 Å². The third-order valence-electron chi connectivity index (χ3n) is 5.64. The quantitative estimate of drug-likeness (QED) is 0.434. The highest BCUT2D eigenvalue weighted by atomic mass is 35.5. The van der Waals surface area contributed by atoms with Crippen molar-refractivity contribution >= 4 is 34.8 Å². The maximum atomic E-state index is 12.9. The molecule has 3 aromatic rings. The van der Waals surface area contributed by atoms with Crippen molar-refractivity contribution < 1.29 is 9.53 Å². The topological polar surface area (TPSA) is 41.6 Å². The Hall–Kier alpha value is -2.53. The van der Waals surface area contributed by atoms with Gasteiger partial charge in [0.1, 0.15) is 12.4 Å². The van der Waals surface area contributed by atoms with Gasteiger partial charge >= 0.3 is 0 Å². The van der Waals surface area contributed by atoms with Gasteiger partial charge in [0.05, 0.1) is 16.0 Å². The van der Waals surface area contributed by atoms with Crippen LogP contribution in [0.4, 0.5) is 5.69 Å². The molecule has 1 saturated heterocycles. The Morgan fingerprint density at radius 2 is 1.75 bits per heavy atom. The van der Waals surface area contributed by atoms with E-state index in [9.17, 15) is 4.79 Å². The molecule has 0 saturated carbocycles. The average molecular weight is 469 g/mol. The van der Waals surface area contributed by atoms with E-state index in [1.54, 1.807) is 0 Å². The van der Waals surface area contributed by atoms with Crippen molar-refractivity contribution in [1.29, 1.82) is 0 Å². The molecule has 3 aromatic carbocycles. The van der Waals surface area contributed by atoms with Gasteiger partial charge in [-0.1, -0.05) is 59.6 Å². The standard InChI is InChI=1S/C26H26Cl2N2O2/c27-24-13-8-20(15-25(24)28)16-30-14-4-7-21(17-30)26(31)29-22-9-11-23(12-10-22)32-18-19-5-2-1-3-6-19/h1-3,5-6,8-13,15,21H,4,7,14,16-18H2,(H,29,31). The minimum atomic E-state index is -0.0412. The summed E-state index contributed by atoms with van der Waals surface area (Å²) >= 11 is 12.2. The molecule has 1 aliphatic rings. The number of amides is 1. The van der Waals surface area contributed by atoms with Gasteiger partial charge in [0.15, 0.2) is 0 Å². The number of nitrogens with zero attached hydrogens (tertiary/aromatic N) is 1. The van der Waals surface area contributed by atoms with E-state index < -0.39 is 0 Å². The molecule has 1 N–H and O–H groups in total. The maximum Gasteiger partial charge on any atom is 0.228 e. The van der Waals surface area contributed by atoms with Gasteiger partial charge in [-0.05, 0) is 66.9 Å². The number of hydrogen-bond donors (Lipinski definition) is 1. The highest BCUT2D eigenvalue weighted by Gasteiger charge is 2.26. The number of hydrogen-bond acceptors (Lipinski definition) is 3. The molecule has 166 valence electrons. The van der Waals surface area contributed by atoms with E-state index in [1.165, 1.54) is 0 Å². The number of halogens is 2. The van der Waals surface area contributed by atoms with E-state index in [0.717, 1.165) is 55.0 Å². The van der Waals surface area contributed by atoms with Crippen molar-refractivity contribution in [2.24, 2.45) is 5.92 Å². The van der Waals surface area contributed by atoms with E-state index in [-0.39, 0.29) is 11.8 Å². The summed E-state index contributed by atoms with van der Waals surface area (Å²) in [5, 5.41) is 4.17. The molecule has 0 spiro atoms. The van der Waals surface area contributed by atoms with Crippen LogP contribution in [0.1, 0.15) is 24.0 Å². The van der Waals surface area contributed by atoms with Crippen LogP contribution < -0.4 is 10.1 Å². The zero-order valence-corrected chi connectivity index (χ0v) is 19.3. The van der Waals surface area contributed by atoms with Gasteiger partial charge in [-0.3, -0.25) is 9.69 Å². The number of nitrogens with one attached hydrogen (secondary N) is 1. The highest BCUT2D eigenvalue weighted by molar-refractivity contribution is 6.42. The van der Waals surface area contributed by atoms with Crippen LogP contribution in [0.2, 0.25) is 10.0 Å². The fraction of sp³-hybridized carbons (Fsp3) is 0.269. The second kappa shape index (κ2) is 10.9. The SMILES string of the molecule is O=C(Nc1ccc(OCc2ccccc2)cc1)C1CCCN(Cc2ccc(Cl)c(Cl)c2)C1. The molecule has 0 bridgehead atoms. The molecule has 0 aliphatic carbocycles. The maximum absolute atomic E-state index is 12.9. The number of carbonyl (C=O) groups excluding carboxylic acids is 1. The molecule has 1 atom stereocenters. The Bertz CT molecular complexity index is 1040. The van der Waals surface area contributed by atoms with Crippen LogP contribution in [0.25, 0.3) is 0 Å². The molecule has 32 heavy (non-hydrogen) atoms. The average Bonchev–Trinajstić information content (AvgIpc) is 2.82. The number of anilines is 1. The Balaban J connectivity index is 1.28. The lowest BCUT2D eigenvalue weighted by molar-refractivity contribution is -0.121. The van der Waals surface area contributed by atoms with E-state index in [1.807, 2.05) is 72.8 Å². The Morgan fingerprint density at radius 1 is 0.969 bits per heavy atom. The lowest BCUT2D eigenvalue weighted by Crippen LogP contribution is -2.40. The summed E-state index contributed by atoms with van der Waals surface area (Å²) in [6, 6.07) is 23.3. The van der Waals surface area contributed by atoms with Gasteiger partial charge in [-0.25, -0.2) is 0 Å². The van der Waals surface area contributed by atoms with E-state index in [4.69, 9.17) is 27.9 Å². The summed E-state index contributed by atoms with van der Waals surface area (Å²) < 4.78 is 5.82. The van der Waals surface area contributed by atoms with Crippen molar-refractivity contribution in [3.63, 3.8) is 0 Å². The Labute approximate surface area is 199 Å². The van der Waals surface area contributed by atoms with Crippen LogP contribution in [0.5, 0.6) is 5.75 Å². The number of ether oxygens (including phenoxy) is 1. The first kappa shape index (κ1) is 22.7. The summed E-state index contributed by atoms with van der Waals surface area (Å²) in [6.45, 7) is 2.97. The normalized spacial score (nSPS) is 16.5. The first-order valence-corrected chi connectivity index (χ1v) is 11.6. The van der Waals surface area contributed by atoms with E-state index >= 15 is 0 Å². The van der Waals surface area contributed by atoms with E-state index in [2.05, 4.69) is 10.2 Å². The van der Waals surface area contributed by atoms with Gasteiger partial charge in [-0.15, -0.1) is 0 Å². The van der Waals surface area contributed by atoms with Crippen LogP contribution in [0, 0.1) is 5.92 Å². The second-order valence-corrected chi connectivity index (χ2v) is 8.93. The molecule has 1 amide bonds. The fourth-order valence-corrected chi connectivity index (χ4v) is 4.25. The smallest absolute Gasteiger partial charge is 0.228 e. The molecular formula is C26H26Cl2N2O2. The van der Waals surface area contributed by atoms with Crippen LogP contribution in [0.3, 0.4) is 0 Å². The zero-order chi connectivity index (χ0) is 22.3. The van der Waals surface area contributed by atoms with Crippen molar-refractivity contribution in [2.45, 2.75) is 26.0 Å². The molecule has 1 fully saturated rings. The van der Waals surface area contributed by atoms with Crippen molar-refractivity contribution in [1.82, 2.24) is 4.90 Å². The fourth-order valence-electron chi connectivity index (χ4n) is 3.93. The van der Waals surface area contributed by atoms with Gasteiger partial charge in [0.2, 0.25) is 5.91 Å². The molecule has 1 unspecified atom stereocenters. The summed E-state index contributed by atoms with van der Waals surface area (Å²) in [6.07, 6.45) is 1.88. The number of carbonyl (C=O) groups is 1. The molecule has 1 heterocycles. The van der Waals surface area contributed by atoms with E-state index in [0.29, 0.717) is 16.7 Å². The monoisotopic (exact) mass is 468 g/mol. The molecule has 0 radical (unpaired) electrons. The second-order valence-electron chi connectivity index (χ2n) is 8.11. The number of piperidine rings is 1. The van der Waals surface area contributed by atoms with Crippen molar-refractivity contribution in [3.05, 3.63) is 94.0 Å². The molecule has 4 nitrogen and oxygen atoms in total. The third-order valence-corrected chi connectivity index (χ3v) is 6.38. The lowest BCUT2D eigenvalue weighted by Gasteiger charge is -2.32. The van der Waals surface area contributed by atoms with Gasteiger partial charge in [0.25, 0.3) is 0 Å². The molecular weight excluding hydrogens is 443 g/mol. The Morgan fingerprint density at radius 3 is 2.50 bits per heavy atom. The summed E-state index contributed by atoms with van der Waals surface area (Å²) in [7, 11) is 0. The molecule has 0 aromatic heterocycles. The molecule has 6 heteroatoms. The van der Waals surface area contributed by atoms with Gasteiger partial charge in [0, 0.05) is 18.8 Å². The third kappa shape index (κ3) is 6.26.